The van der Waals surface area contributed by atoms with Gasteiger partial charge < -0.3 is 4.90 Å². The van der Waals surface area contributed by atoms with Crippen LogP contribution < -0.4 is 0 Å². The third kappa shape index (κ3) is 4.36. The Bertz CT molecular complexity index is 944. The van der Waals surface area contributed by atoms with Crippen LogP contribution in [0.4, 0.5) is 13.2 Å². The van der Waals surface area contributed by atoms with Gasteiger partial charge in [0.05, 0.1) is 5.56 Å². The van der Waals surface area contributed by atoms with Crippen molar-refractivity contribution in [3.8, 4) is 0 Å². The highest BCUT2D eigenvalue weighted by Gasteiger charge is 2.31. The number of hydrogen-bond acceptors (Lipinski definition) is 2. The Balaban J connectivity index is 1.33. The summed E-state index contributed by atoms with van der Waals surface area (Å²) in [4.78, 5) is 6.56. The van der Waals surface area contributed by atoms with Gasteiger partial charge in [0.25, 0.3) is 0 Å². The largest absolute Gasteiger partial charge is 0.416 e. The minimum atomic E-state index is -4.27. The lowest BCUT2D eigenvalue weighted by Crippen LogP contribution is -2.34. The number of benzene rings is 2. The standard InChI is InChI=1S/C23H23F3N2/c24-23(25,26)22-3-1-2-19(15-22)18-8-12-28(13-9-18)11-7-17-4-5-21-16-27-10-6-20(21)14-17/h1-6,10,14-16,18H,7-9,11-13H2. The van der Waals surface area contributed by atoms with Crippen molar-refractivity contribution in [2.45, 2.75) is 31.4 Å². The molecule has 2 aromatic carbocycles. The van der Waals surface area contributed by atoms with E-state index in [1.54, 1.807) is 0 Å². The SMILES string of the molecule is FC(F)(F)c1cccc(C2CCN(CCc3ccc4cnccc4c3)CC2)c1. The van der Waals surface area contributed by atoms with Crippen LogP contribution in [-0.2, 0) is 12.6 Å². The van der Waals surface area contributed by atoms with Gasteiger partial charge in [-0.2, -0.15) is 13.2 Å². The number of halogens is 3. The summed E-state index contributed by atoms with van der Waals surface area (Å²) in [6.07, 6.45) is 2.21. The van der Waals surface area contributed by atoms with Crippen LogP contribution in [0.25, 0.3) is 10.8 Å². The van der Waals surface area contributed by atoms with Gasteiger partial charge in [-0.25, -0.2) is 0 Å². The summed E-state index contributed by atoms with van der Waals surface area (Å²) in [5.74, 6) is 0.215. The molecule has 3 aromatic rings. The molecule has 1 saturated heterocycles. The Labute approximate surface area is 163 Å². The zero-order valence-corrected chi connectivity index (χ0v) is 15.6. The number of rotatable bonds is 4. The van der Waals surface area contributed by atoms with Crippen molar-refractivity contribution in [1.82, 2.24) is 9.88 Å². The Kier molecular flexibility index (Phi) is 5.36. The van der Waals surface area contributed by atoms with Crippen molar-refractivity contribution in [1.29, 1.82) is 0 Å². The molecule has 0 N–H and O–H groups in total. The molecule has 2 heterocycles. The predicted molar refractivity (Wildman–Crippen MR) is 105 cm³/mol. The molecule has 0 bridgehead atoms. The summed E-state index contributed by atoms with van der Waals surface area (Å²) in [6.45, 7) is 2.84. The molecule has 0 radical (unpaired) electrons. The fourth-order valence-corrected chi connectivity index (χ4v) is 4.03. The first-order chi connectivity index (χ1) is 13.5. The lowest BCUT2D eigenvalue weighted by atomic mass is 9.88. The monoisotopic (exact) mass is 384 g/mol. The van der Waals surface area contributed by atoms with Crippen LogP contribution in [-0.4, -0.2) is 29.5 Å². The molecular weight excluding hydrogens is 361 g/mol. The first-order valence-electron chi connectivity index (χ1n) is 9.71. The van der Waals surface area contributed by atoms with Gasteiger partial charge in [0.2, 0.25) is 0 Å². The maximum Gasteiger partial charge on any atom is 0.416 e. The molecule has 0 spiro atoms. The molecule has 5 heteroatoms. The predicted octanol–water partition coefficient (Wildman–Crippen LogP) is 5.68. The molecular formula is C23H23F3N2. The summed E-state index contributed by atoms with van der Waals surface area (Å²) in [7, 11) is 0. The summed E-state index contributed by atoms with van der Waals surface area (Å²) in [5.41, 5.74) is 1.58. The summed E-state index contributed by atoms with van der Waals surface area (Å²) in [5, 5.41) is 2.35. The van der Waals surface area contributed by atoms with Crippen LogP contribution in [0.5, 0.6) is 0 Å². The van der Waals surface area contributed by atoms with Gasteiger partial charge in [0, 0.05) is 24.3 Å². The van der Waals surface area contributed by atoms with Crippen molar-refractivity contribution in [3.63, 3.8) is 0 Å². The molecule has 1 aliphatic rings. The third-order valence-electron chi connectivity index (χ3n) is 5.69. The topological polar surface area (TPSA) is 16.1 Å². The number of hydrogen-bond donors (Lipinski definition) is 0. The number of fused-ring (bicyclic) bond motifs is 1. The lowest BCUT2D eigenvalue weighted by molar-refractivity contribution is -0.137. The Morgan fingerprint density at radius 2 is 1.79 bits per heavy atom. The van der Waals surface area contributed by atoms with Crippen LogP contribution >= 0.6 is 0 Å². The minimum absolute atomic E-state index is 0.215. The van der Waals surface area contributed by atoms with Gasteiger partial charge in [-0.3, -0.25) is 4.98 Å². The molecule has 0 aliphatic carbocycles. The number of aromatic nitrogens is 1. The number of alkyl halides is 3. The second kappa shape index (κ2) is 7.92. The molecule has 0 saturated carbocycles. The number of pyridine rings is 1. The van der Waals surface area contributed by atoms with E-state index in [9.17, 15) is 13.2 Å². The maximum absolute atomic E-state index is 12.9. The molecule has 0 unspecified atom stereocenters. The van der Waals surface area contributed by atoms with Gasteiger partial charge in [-0.15, -0.1) is 0 Å². The van der Waals surface area contributed by atoms with Gasteiger partial charge >= 0.3 is 6.18 Å². The fourth-order valence-electron chi connectivity index (χ4n) is 4.03. The number of nitrogens with zero attached hydrogens (tertiary/aromatic N) is 2. The minimum Gasteiger partial charge on any atom is -0.303 e. The average molecular weight is 384 g/mol. The Morgan fingerprint density at radius 3 is 2.57 bits per heavy atom. The highest BCUT2D eigenvalue weighted by Crippen LogP contribution is 2.34. The summed E-state index contributed by atoms with van der Waals surface area (Å²) < 4.78 is 38.8. The van der Waals surface area contributed by atoms with Crippen LogP contribution in [0, 0.1) is 0 Å². The maximum atomic E-state index is 12.9. The van der Waals surface area contributed by atoms with E-state index in [0.717, 1.165) is 55.9 Å². The quantitative estimate of drug-likeness (QED) is 0.576. The average Bonchev–Trinajstić information content (AvgIpc) is 2.72. The highest BCUT2D eigenvalue weighted by atomic mass is 19.4. The molecule has 146 valence electrons. The van der Waals surface area contributed by atoms with Crippen LogP contribution in [0.15, 0.2) is 60.9 Å². The van der Waals surface area contributed by atoms with E-state index in [-0.39, 0.29) is 5.92 Å². The third-order valence-corrected chi connectivity index (χ3v) is 5.69. The first-order valence-corrected chi connectivity index (χ1v) is 9.71. The summed E-state index contributed by atoms with van der Waals surface area (Å²) >= 11 is 0. The van der Waals surface area contributed by atoms with Crippen LogP contribution in [0.1, 0.15) is 35.4 Å². The van der Waals surface area contributed by atoms with E-state index in [4.69, 9.17) is 0 Å². The fraction of sp³-hybridized carbons (Fsp3) is 0.348. The zero-order chi connectivity index (χ0) is 19.6. The normalized spacial score (nSPS) is 16.5. The van der Waals surface area contributed by atoms with E-state index in [0.29, 0.717) is 0 Å². The highest BCUT2D eigenvalue weighted by molar-refractivity contribution is 5.81. The van der Waals surface area contributed by atoms with Gasteiger partial charge in [0.1, 0.15) is 0 Å². The second-order valence-electron chi connectivity index (χ2n) is 7.55. The molecule has 28 heavy (non-hydrogen) atoms. The van der Waals surface area contributed by atoms with E-state index in [2.05, 4.69) is 28.1 Å². The van der Waals surface area contributed by atoms with Crippen molar-refractivity contribution in [2.24, 2.45) is 0 Å². The smallest absolute Gasteiger partial charge is 0.303 e. The number of likely N-dealkylation sites (tertiary alicyclic amines) is 1. The van der Waals surface area contributed by atoms with E-state index in [1.165, 1.54) is 23.1 Å². The Hall–Kier alpha value is -2.40. The number of piperidine rings is 1. The van der Waals surface area contributed by atoms with E-state index >= 15 is 0 Å². The first kappa shape index (κ1) is 18.9. The van der Waals surface area contributed by atoms with Crippen molar-refractivity contribution in [2.75, 3.05) is 19.6 Å². The molecule has 4 rings (SSSR count). The van der Waals surface area contributed by atoms with Gasteiger partial charge in [0.15, 0.2) is 0 Å². The van der Waals surface area contributed by atoms with Crippen molar-refractivity contribution < 1.29 is 13.2 Å². The van der Waals surface area contributed by atoms with Gasteiger partial charge in [-0.1, -0.05) is 36.4 Å². The molecule has 1 aromatic heterocycles. The molecule has 2 nitrogen and oxygen atoms in total. The van der Waals surface area contributed by atoms with E-state index < -0.39 is 11.7 Å². The molecule has 0 amide bonds. The summed E-state index contributed by atoms with van der Waals surface area (Å²) in [6, 6.07) is 14.3. The van der Waals surface area contributed by atoms with Crippen molar-refractivity contribution in [3.05, 3.63) is 77.6 Å². The van der Waals surface area contributed by atoms with Crippen molar-refractivity contribution >= 4 is 10.8 Å². The molecule has 1 fully saturated rings. The Morgan fingerprint density at radius 1 is 0.964 bits per heavy atom. The van der Waals surface area contributed by atoms with Crippen LogP contribution in [0.2, 0.25) is 0 Å². The van der Waals surface area contributed by atoms with Gasteiger partial charge in [-0.05, 0) is 66.9 Å². The van der Waals surface area contributed by atoms with Crippen LogP contribution in [0.3, 0.4) is 0 Å². The molecule has 0 atom stereocenters. The zero-order valence-electron chi connectivity index (χ0n) is 15.6. The second-order valence-corrected chi connectivity index (χ2v) is 7.55. The lowest BCUT2D eigenvalue weighted by Gasteiger charge is -2.32. The molecule has 1 aliphatic heterocycles. The van der Waals surface area contributed by atoms with E-state index in [1.807, 2.05) is 24.5 Å².